The summed E-state index contributed by atoms with van der Waals surface area (Å²) in [4.78, 5) is 7.72. The Morgan fingerprint density at radius 2 is 1.88 bits per heavy atom. The summed E-state index contributed by atoms with van der Waals surface area (Å²) in [5.41, 5.74) is 1.35. The van der Waals surface area contributed by atoms with Crippen molar-refractivity contribution in [2.24, 2.45) is 0 Å². The highest BCUT2D eigenvalue weighted by atomic mass is 79.9. The maximum Gasteiger partial charge on any atom is 0.115 e. The van der Waals surface area contributed by atoms with Crippen molar-refractivity contribution in [1.82, 2.24) is 9.97 Å². The first kappa shape index (κ1) is 11.5. The molecule has 0 aliphatic carbocycles. The Morgan fingerprint density at radius 3 is 2.50 bits per heavy atom. The van der Waals surface area contributed by atoms with Crippen molar-refractivity contribution in [2.45, 2.75) is 6.10 Å². The lowest BCUT2D eigenvalue weighted by molar-refractivity contribution is 0.219. The van der Waals surface area contributed by atoms with Gasteiger partial charge in [0, 0.05) is 22.4 Å². The van der Waals surface area contributed by atoms with Gasteiger partial charge in [-0.1, -0.05) is 17.7 Å². The average molecular weight is 300 g/mol. The van der Waals surface area contributed by atoms with Gasteiger partial charge in [0.15, 0.2) is 0 Å². The summed E-state index contributed by atoms with van der Waals surface area (Å²) in [5, 5.41) is 10.6. The predicted octanol–water partition coefficient (Wildman–Crippen LogP) is 2.97. The molecule has 1 unspecified atom stereocenters. The van der Waals surface area contributed by atoms with Crippen LogP contribution in [0.25, 0.3) is 0 Å². The van der Waals surface area contributed by atoms with E-state index in [0.717, 1.165) is 4.47 Å². The molecule has 0 amide bonds. The normalized spacial score (nSPS) is 12.4. The molecule has 2 aromatic rings. The number of hydrogen-bond donors (Lipinski definition) is 1. The molecule has 1 atom stereocenters. The maximum absolute atomic E-state index is 10.1. The molecule has 1 N–H and O–H groups in total. The Hall–Kier alpha value is -0.970. The van der Waals surface area contributed by atoms with E-state index < -0.39 is 6.10 Å². The van der Waals surface area contributed by atoms with Crippen LogP contribution in [0, 0.1) is 0 Å². The monoisotopic (exact) mass is 298 g/mol. The van der Waals surface area contributed by atoms with Gasteiger partial charge in [0.25, 0.3) is 0 Å². The summed E-state index contributed by atoms with van der Waals surface area (Å²) in [6.45, 7) is 0. The smallest absolute Gasteiger partial charge is 0.115 e. The number of aliphatic hydroxyl groups is 1. The zero-order valence-corrected chi connectivity index (χ0v) is 10.5. The topological polar surface area (TPSA) is 46.0 Å². The number of aliphatic hydroxyl groups excluding tert-OH is 1. The standard InChI is InChI=1S/C11H8BrClN2O/c12-9-2-1-7(3-10(9)13)11(16)8-4-14-6-15-5-8/h1-6,11,16H. The molecule has 82 valence electrons. The molecule has 0 saturated heterocycles. The summed E-state index contributed by atoms with van der Waals surface area (Å²) in [6, 6.07) is 5.31. The van der Waals surface area contributed by atoms with E-state index in [9.17, 15) is 5.11 Å². The van der Waals surface area contributed by atoms with Crippen molar-refractivity contribution in [3.8, 4) is 0 Å². The van der Waals surface area contributed by atoms with E-state index in [1.54, 1.807) is 30.6 Å². The minimum absolute atomic E-state index is 0.563. The first-order chi connectivity index (χ1) is 7.68. The van der Waals surface area contributed by atoms with Crippen molar-refractivity contribution < 1.29 is 5.11 Å². The SMILES string of the molecule is OC(c1cncnc1)c1ccc(Br)c(Cl)c1. The molecule has 1 aromatic heterocycles. The Labute approximate surface area is 106 Å². The van der Waals surface area contributed by atoms with Crippen LogP contribution in [0.4, 0.5) is 0 Å². The van der Waals surface area contributed by atoms with Crippen LogP contribution in [0.3, 0.4) is 0 Å². The number of halogens is 2. The highest BCUT2D eigenvalue weighted by Gasteiger charge is 2.11. The molecule has 0 fully saturated rings. The summed E-state index contributed by atoms with van der Waals surface area (Å²) in [5.74, 6) is 0. The molecule has 5 heteroatoms. The van der Waals surface area contributed by atoms with Gasteiger partial charge in [-0.05, 0) is 33.6 Å². The van der Waals surface area contributed by atoms with E-state index >= 15 is 0 Å². The molecule has 1 aromatic carbocycles. The van der Waals surface area contributed by atoms with Gasteiger partial charge < -0.3 is 5.11 Å². The zero-order chi connectivity index (χ0) is 11.5. The molecule has 16 heavy (non-hydrogen) atoms. The summed E-state index contributed by atoms with van der Waals surface area (Å²) in [7, 11) is 0. The summed E-state index contributed by atoms with van der Waals surface area (Å²) >= 11 is 9.25. The zero-order valence-electron chi connectivity index (χ0n) is 8.14. The number of aromatic nitrogens is 2. The van der Waals surface area contributed by atoms with E-state index in [2.05, 4.69) is 25.9 Å². The van der Waals surface area contributed by atoms with Gasteiger partial charge >= 0.3 is 0 Å². The van der Waals surface area contributed by atoms with Crippen molar-refractivity contribution in [3.05, 3.63) is 57.5 Å². The first-order valence-corrected chi connectivity index (χ1v) is 5.73. The van der Waals surface area contributed by atoms with E-state index in [1.165, 1.54) is 6.33 Å². The third-order valence-corrected chi connectivity index (χ3v) is 3.39. The molecule has 1 heterocycles. The molecular weight excluding hydrogens is 291 g/mol. The van der Waals surface area contributed by atoms with Gasteiger partial charge in [0.1, 0.15) is 12.4 Å². The van der Waals surface area contributed by atoms with Crippen LogP contribution in [-0.2, 0) is 0 Å². The van der Waals surface area contributed by atoms with Crippen LogP contribution in [-0.4, -0.2) is 15.1 Å². The third kappa shape index (κ3) is 2.40. The van der Waals surface area contributed by atoms with Gasteiger partial charge in [-0.3, -0.25) is 0 Å². The molecule has 0 aliphatic heterocycles. The number of nitrogens with zero attached hydrogens (tertiary/aromatic N) is 2. The minimum Gasteiger partial charge on any atom is -0.384 e. The minimum atomic E-state index is -0.758. The quantitative estimate of drug-likeness (QED) is 0.927. The number of benzene rings is 1. The van der Waals surface area contributed by atoms with E-state index in [1.807, 2.05) is 0 Å². The van der Waals surface area contributed by atoms with Crippen LogP contribution in [0.2, 0.25) is 5.02 Å². The molecule has 0 spiro atoms. The maximum atomic E-state index is 10.1. The molecular formula is C11H8BrClN2O. The van der Waals surface area contributed by atoms with Crippen molar-refractivity contribution in [3.63, 3.8) is 0 Å². The van der Waals surface area contributed by atoms with Crippen molar-refractivity contribution in [1.29, 1.82) is 0 Å². The lowest BCUT2D eigenvalue weighted by atomic mass is 10.0. The van der Waals surface area contributed by atoms with Crippen LogP contribution in [0.1, 0.15) is 17.2 Å². The van der Waals surface area contributed by atoms with Crippen LogP contribution in [0.5, 0.6) is 0 Å². The van der Waals surface area contributed by atoms with Gasteiger partial charge in [-0.2, -0.15) is 0 Å². The molecule has 0 bridgehead atoms. The largest absolute Gasteiger partial charge is 0.384 e. The van der Waals surface area contributed by atoms with E-state index in [4.69, 9.17) is 11.6 Å². The lowest BCUT2D eigenvalue weighted by Gasteiger charge is -2.11. The Morgan fingerprint density at radius 1 is 1.19 bits per heavy atom. The lowest BCUT2D eigenvalue weighted by Crippen LogP contribution is -2.00. The van der Waals surface area contributed by atoms with Crippen molar-refractivity contribution in [2.75, 3.05) is 0 Å². The Kier molecular flexibility index (Phi) is 3.53. The van der Waals surface area contributed by atoms with E-state index in [-0.39, 0.29) is 0 Å². The third-order valence-electron chi connectivity index (χ3n) is 2.16. The van der Waals surface area contributed by atoms with Gasteiger partial charge in [0.05, 0.1) is 5.02 Å². The van der Waals surface area contributed by atoms with Crippen LogP contribution >= 0.6 is 27.5 Å². The number of rotatable bonds is 2. The van der Waals surface area contributed by atoms with Crippen LogP contribution < -0.4 is 0 Å². The molecule has 3 nitrogen and oxygen atoms in total. The fourth-order valence-corrected chi connectivity index (χ4v) is 1.76. The summed E-state index contributed by atoms with van der Waals surface area (Å²) < 4.78 is 0.800. The second-order valence-corrected chi connectivity index (χ2v) is 4.51. The fraction of sp³-hybridized carbons (Fsp3) is 0.0909. The Bertz CT molecular complexity index is 493. The van der Waals surface area contributed by atoms with Gasteiger partial charge in [0.2, 0.25) is 0 Å². The van der Waals surface area contributed by atoms with E-state index in [0.29, 0.717) is 16.1 Å². The second-order valence-electron chi connectivity index (χ2n) is 3.25. The summed E-state index contributed by atoms with van der Waals surface area (Å²) in [6.07, 6.45) is 3.82. The molecule has 0 aliphatic rings. The highest BCUT2D eigenvalue weighted by molar-refractivity contribution is 9.10. The van der Waals surface area contributed by atoms with Crippen molar-refractivity contribution >= 4 is 27.5 Å². The van der Waals surface area contributed by atoms with Gasteiger partial charge in [-0.25, -0.2) is 9.97 Å². The molecule has 2 rings (SSSR count). The number of hydrogen-bond acceptors (Lipinski definition) is 3. The van der Waals surface area contributed by atoms with Crippen LogP contribution in [0.15, 0.2) is 41.4 Å². The molecule has 0 radical (unpaired) electrons. The first-order valence-electron chi connectivity index (χ1n) is 4.56. The molecule has 0 saturated carbocycles. The highest BCUT2D eigenvalue weighted by Crippen LogP contribution is 2.28. The Balaban J connectivity index is 2.34. The fourth-order valence-electron chi connectivity index (χ4n) is 1.33. The predicted molar refractivity (Wildman–Crippen MR) is 65.2 cm³/mol. The van der Waals surface area contributed by atoms with Gasteiger partial charge in [-0.15, -0.1) is 0 Å². The second kappa shape index (κ2) is 4.91. The average Bonchev–Trinajstić information content (AvgIpc) is 2.33.